The lowest BCUT2D eigenvalue weighted by Crippen LogP contribution is -2.22. The summed E-state index contributed by atoms with van der Waals surface area (Å²) in [5.74, 6) is 0.0856. The van der Waals surface area contributed by atoms with Crippen molar-refractivity contribution in [1.29, 1.82) is 5.41 Å². The van der Waals surface area contributed by atoms with Crippen LogP contribution in [0, 0.1) is 5.41 Å². The fourth-order valence-electron chi connectivity index (χ4n) is 1.99. The highest BCUT2D eigenvalue weighted by Crippen LogP contribution is 2.25. The Labute approximate surface area is 121 Å². The molecule has 2 aromatic rings. The summed E-state index contributed by atoms with van der Waals surface area (Å²) in [6.45, 7) is 0.775. The Bertz CT molecular complexity index is 581. The van der Waals surface area contributed by atoms with E-state index >= 15 is 0 Å². The number of nitrogens with zero attached hydrogens (tertiary/aromatic N) is 1. The third kappa shape index (κ3) is 3.35. The first-order valence-corrected chi connectivity index (χ1v) is 6.76. The van der Waals surface area contributed by atoms with Crippen molar-refractivity contribution in [2.45, 2.75) is 6.54 Å². The highest BCUT2D eigenvalue weighted by molar-refractivity contribution is 9.10. The molecular weight excluding hydrogens is 302 g/mol. The van der Waals surface area contributed by atoms with Crippen LogP contribution in [0.2, 0.25) is 0 Å². The van der Waals surface area contributed by atoms with Gasteiger partial charge in [0.15, 0.2) is 0 Å². The number of rotatable bonds is 4. The molecule has 0 aliphatic heterocycles. The molecule has 0 heterocycles. The van der Waals surface area contributed by atoms with Crippen LogP contribution in [0.1, 0.15) is 11.1 Å². The van der Waals surface area contributed by atoms with Crippen molar-refractivity contribution in [2.75, 3.05) is 11.9 Å². The third-order valence-corrected chi connectivity index (χ3v) is 3.42. The topological polar surface area (TPSA) is 53.1 Å². The SMILES string of the molecule is CN(Cc1ccccc1)c1cc(Br)ccc1C(=N)N. The molecule has 3 nitrogen and oxygen atoms in total. The Balaban J connectivity index is 2.30. The molecule has 19 heavy (non-hydrogen) atoms. The van der Waals surface area contributed by atoms with Crippen molar-refractivity contribution in [3.05, 3.63) is 64.1 Å². The zero-order valence-electron chi connectivity index (χ0n) is 10.7. The number of halogens is 1. The summed E-state index contributed by atoms with van der Waals surface area (Å²) < 4.78 is 0.979. The first-order valence-electron chi connectivity index (χ1n) is 5.97. The molecule has 0 unspecified atom stereocenters. The third-order valence-electron chi connectivity index (χ3n) is 2.92. The van der Waals surface area contributed by atoms with E-state index in [1.54, 1.807) is 0 Å². The maximum atomic E-state index is 7.66. The van der Waals surface area contributed by atoms with Crippen LogP contribution in [0.15, 0.2) is 53.0 Å². The van der Waals surface area contributed by atoms with Crippen LogP contribution in [0.25, 0.3) is 0 Å². The maximum absolute atomic E-state index is 7.66. The quantitative estimate of drug-likeness (QED) is 0.671. The highest BCUT2D eigenvalue weighted by Gasteiger charge is 2.10. The summed E-state index contributed by atoms with van der Waals surface area (Å²) in [5.41, 5.74) is 8.56. The molecule has 0 spiro atoms. The van der Waals surface area contributed by atoms with E-state index in [9.17, 15) is 0 Å². The summed E-state index contributed by atoms with van der Waals surface area (Å²) in [7, 11) is 2.00. The van der Waals surface area contributed by atoms with Gasteiger partial charge in [-0.15, -0.1) is 0 Å². The molecule has 0 aromatic heterocycles. The molecule has 0 saturated heterocycles. The Kier molecular flexibility index (Phi) is 4.22. The van der Waals surface area contributed by atoms with E-state index in [1.165, 1.54) is 5.56 Å². The fraction of sp³-hybridized carbons (Fsp3) is 0.133. The van der Waals surface area contributed by atoms with Crippen molar-refractivity contribution >= 4 is 27.5 Å². The highest BCUT2D eigenvalue weighted by atomic mass is 79.9. The number of nitrogens with one attached hydrogen (secondary N) is 1. The van der Waals surface area contributed by atoms with E-state index < -0.39 is 0 Å². The Hall–Kier alpha value is -1.81. The van der Waals surface area contributed by atoms with Gasteiger partial charge < -0.3 is 10.6 Å². The van der Waals surface area contributed by atoms with Gasteiger partial charge in [-0.1, -0.05) is 46.3 Å². The number of hydrogen-bond donors (Lipinski definition) is 2. The predicted molar refractivity (Wildman–Crippen MR) is 83.7 cm³/mol. The van der Waals surface area contributed by atoms with E-state index in [0.717, 1.165) is 22.3 Å². The number of amidine groups is 1. The molecule has 3 N–H and O–H groups in total. The maximum Gasteiger partial charge on any atom is 0.124 e. The molecular formula is C15H16BrN3. The number of anilines is 1. The van der Waals surface area contributed by atoms with Crippen LogP contribution in [0.3, 0.4) is 0 Å². The van der Waals surface area contributed by atoms with Crippen LogP contribution in [0.4, 0.5) is 5.69 Å². The second kappa shape index (κ2) is 5.89. The molecule has 0 bridgehead atoms. The van der Waals surface area contributed by atoms with Crippen LogP contribution >= 0.6 is 15.9 Å². The van der Waals surface area contributed by atoms with E-state index in [4.69, 9.17) is 11.1 Å². The summed E-state index contributed by atoms with van der Waals surface area (Å²) in [6, 6.07) is 16.0. The fourth-order valence-corrected chi connectivity index (χ4v) is 2.34. The summed E-state index contributed by atoms with van der Waals surface area (Å²) in [6.07, 6.45) is 0. The zero-order valence-corrected chi connectivity index (χ0v) is 12.3. The largest absolute Gasteiger partial charge is 0.384 e. The summed E-state index contributed by atoms with van der Waals surface area (Å²) in [4.78, 5) is 2.09. The van der Waals surface area contributed by atoms with Gasteiger partial charge >= 0.3 is 0 Å². The molecule has 0 radical (unpaired) electrons. The molecule has 4 heteroatoms. The van der Waals surface area contributed by atoms with E-state index in [0.29, 0.717) is 0 Å². The normalized spacial score (nSPS) is 10.2. The van der Waals surface area contributed by atoms with Gasteiger partial charge in [-0.3, -0.25) is 5.41 Å². The molecule has 0 saturated carbocycles. The Morgan fingerprint density at radius 3 is 2.53 bits per heavy atom. The van der Waals surface area contributed by atoms with Gasteiger partial charge in [-0.25, -0.2) is 0 Å². The Morgan fingerprint density at radius 2 is 1.89 bits per heavy atom. The van der Waals surface area contributed by atoms with E-state index in [1.807, 2.05) is 43.4 Å². The molecule has 0 fully saturated rings. The van der Waals surface area contributed by atoms with E-state index in [2.05, 4.69) is 33.0 Å². The second-order valence-corrected chi connectivity index (χ2v) is 5.33. The Morgan fingerprint density at radius 1 is 1.21 bits per heavy atom. The van der Waals surface area contributed by atoms with Gasteiger partial charge in [-0.2, -0.15) is 0 Å². The molecule has 0 amide bonds. The average Bonchev–Trinajstić information content (AvgIpc) is 2.39. The molecule has 0 atom stereocenters. The van der Waals surface area contributed by atoms with Crippen LogP contribution in [0.5, 0.6) is 0 Å². The lowest BCUT2D eigenvalue weighted by molar-refractivity contribution is 0.920. The minimum absolute atomic E-state index is 0.0856. The van der Waals surface area contributed by atoms with Crippen molar-refractivity contribution in [3.8, 4) is 0 Å². The van der Waals surface area contributed by atoms with Gasteiger partial charge in [0.05, 0.1) is 0 Å². The monoisotopic (exact) mass is 317 g/mol. The minimum atomic E-state index is 0.0856. The number of nitrogen functional groups attached to an aromatic ring is 1. The van der Waals surface area contributed by atoms with Gasteiger partial charge in [-0.05, 0) is 23.8 Å². The molecule has 98 valence electrons. The van der Waals surface area contributed by atoms with Crippen LogP contribution < -0.4 is 10.6 Å². The lowest BCUT2D eigenvalue weighted by atomic mass is 10.1. The minimum Gasteiger partial charge on any atom is -0.384 e. The average molecular weight is 318 g/mol. The summed E-state index contributed by atoms with van der Waals surface area (Å²) in [5, 5.41) is 7.66. The van der Waals surface area contributed by atoms with Crippen LogP contribution in [-0.4, -0.2) is 12.9 Å². The van der Waals surface area contributed by atoms with Gasteiger partial charge in [0.25, 0.3) is 0 Å². The molecule has 0 aliphatic rings. The number of nitrogens with two attached hydrogens (primary N) is 1. The first kappa shape index (κ1) is 13.6. The molecule has 2 aromatic carbocycles. The number of hydrogen-bond acceptors (Lipinski definition) is 2. The van der Waals surface area contributed by atoms with Crippen molar-refractivity contribution in [3.63, 3.8) is 0 Å². The lowest BCUT2D eigenvalue weighted by Gasteiger charge is -2.22. The standard InChI is InChI=1S/C15H16BrN3/c1-19(10-11-5-3-2-4-6-11)14-9-12(16)7-8-13(14)15(17)18/h2-9H,10H2,1H3,(H3,17,18). The van der Waals surface area contributed by atoms with Crippen LogP contribution in [-0.2, 0) is 6.54 Å². The van der Waals surface area contributed by atoms with Crippen molar-refractivity contribution < 1.29 is 0 Å². The zero-order chi connectivity index (χ0) is 13.8. The van der Waals surface area contributed by atoms with Crippen molar-refractivity contribution in [2.24, 2.45) is 5.73 Å². The van der Waals surface area contributed by atoms with Gasteiger partial charge in [0, 0.05) is 29.3 Å². The predicted octanol–water partition coefficient (Wildman–Crippen LogP) is 3.37. The van der Waals surface area contributed by atoms with Crippen molar-refractivity contribution in [1.82, 2.24) is 0 Å². The summed E-state index contributed by atoms with van der Waals surface area (Å²) >= 11 is 3.46. The van der Waals surface area contributed by atoms with Gasteiger partial charge in [0.2, 0.25) is 0 Å². The number of benzene rings is 2. The smallest absolute Gasteiger partial charge is 0.124 e. The van der Waals surface area contributed by atoms with Gasteiger partial charge in [0.1, 0.15) is 5.84 Å². The molecule has 0 aliphatic carbocycles. The first-order chi connectivity index (χ1) is 9.08. The van der Waals surface area contributed by atoms with E-state index in [-0.39, 0.29) is 5.84 Å². The molecule has 2 rings (SSSR count). The second-order valence-electron chi connectivity index (χ2n) is 4.42.